The van der Waals surface area contributed by atoms with E-state index in [2.05, 4.69) is 15.5 Å². The van der Waals surface area contributed by atoms with Crippen LogP contribution in [0.4, 0.5) is 4.79 Å². The van der Waals surface area contributed by atoms with E-state index in [1.165, 1.54) is 45.2 Å². The van der Waals surface area contributed by atoms with Crippen LogP contribution in [0.15, 0.2) is 0 Å². The van der Waals surface area contributed by atoms with E-state index in [1.54, 1.807) is 0 Å². The maximum atomic E-state index is 12.4. The van der Waals surface area contributed by atoms with Gasteiger partial charge in [0.25, 0.3) is 0 Å². The summed E-state index contributed by atoms with van der Waals surface area (Å²) in [5.41, 5.74) is 0. The van der Waals surface area contributed by atoms with E-state index < -0.39 is 0 Å². The molecule has 0 radical (unpaired) electrons. The quantitative estimate of drug-likeness (QED) is 0.670. The first-order chi connectivity index (χ1) is 13.2. The highest BCUT2D eigenvalue weighted by Crippen LogP contribution is 2.22. The van der Waals surface area contributed by atoms with Gasteiger partial charge in [-0.2, -0.15) is 0 Å². The predicted octanol–water partition coefficient (Wildman–Crippen LogP) is 2.73. The van der Waals surface area contributed by atoms with Crippen molar-refractivity contribution in [3.05, 3.63) is 0 Å². The van der Waals surface area contributed by atoms with Crippen molar-refractivity contribution in [2.75, 3.05) is 39.3 Å². The molecule has 3 fully saturated rings. The third kappa shape index (κ3) is 6.98. The van der Waals surface area contributed by atoms with Crippen molar-refractivity contribution in [1.82, 2.24) is 20.4 Å². The van der Waals surface area contributed by atoms with Gasteiger partial charge < -0.3 is 20.4 Å². The fourth-order valence-corrected chi connectivity index (χ4v) is 4.72. The molecule has 2 aliphatic heterocycles. The van der Waals surface area contributed by atoms with Crippen LogP contribution < -0.4 is 10.6 Å². The molecule has 1 aliphatic carbocycles. The molecule has 0 aromatic rings. The van der Waals surface area contributed by atoms with Crippen molar-refractivity contribution >= 4 is 11.9 Å². The molecule has 0 spiro atoms. The minimum Gasteiger partial charge on any atom is -0.356 e. The SMILES string of the molecule is O=C(CC1CCN(C(=O)NC2CCCCC2)CC1)NCCCN1CCCC1. The molecule has 154 valence electrons. The molecular weight excluding hydrogens is 340 g/mol. The zero-order valence-corrected chi connectivity index (χ0v) is 16.9. The van der Waals surface area contributed by atoms with Gasteiger partial charge in [-0.15, -0.1) is 0 Å². The number of piperidine rings is 1. The van der Waals surface area contributed by atoms with Crippen LogP contribution in [0.3, 0.4) is 0 Å². The fraction of sp³-hybridized carbons (Fsp3) is 0.905. The number of likely N-dealkylation sites (tertiary alicyclic amines) is 2. The Morgan fingerprint density at radius 2 is 1.56 bits per heavy atom. The van der Waals surface area contributed by atoms with Crippen LogP contribution in [0.5, 0.6) is 0 Å². The summed E-state index contributed by atoms with van der Waals surface area (Å²) in [5, 5.41) is 6.29. The van der Waals surface area contributed by atoms with Gasteiger partial charge in [-0.25, -0.2) is 4.79 Å². The summed E-state index contributed by atoms with van der Waals surface area (Å²) < 4.78 is 0. The summed E-state index contributed by atoms with van der Waals surface area (Å²) in [5.74, 6) is 0.601. The van der Waals surface area contributed by atoms with Crippen LogP contribution in [0.25, 0.3) is 0 Å². The minimum absolute atomic E-state index is 0.103. The van der Waals surface area contributed by atoms with Gasteiger partial charge in [0.1, 0.15) is 0 Å². The summed E-state index contributed by atoms with van der Waals surface area (Å²) in [6, 6.07) is 0.474. The summed E-state index contributed by atoms with van der Waals surface area (Å²) in [4.78, 5) is 29.0. The van der Waals surface area contributed by atoms with Crippen LogP contribution in [0.2, 0.25) is 0 Å². The van der Waals surface area contributed by atoms with Crippen molar-refractivity contribution in [2.24, 2.45) is 5.92 Å². The van der Waals surface area contributed by atoms with Crippen molar-refractivity contribution in [3.8, 4) is 0 Å². The van der Waals surface area contributed by atoms with Crippen LogP contribution in [0, 0.1) is 5.92 Å². The highest BCUT2D eigenvalue weighted by Gasteiger charge is 2.26. The number of hydrogen-bond acceptors (Lipinski definition) is 3. The Kier molecular flexibility index (Phi) is 8.24. The molecule has 27 heavy (non-hydrogen) atoms. The standard InChI is InChI=1S/C21H38N4O2/c26-20(22-11-6-14-24-12-4-5-13-24)17-18-9-15-25(16-10-18)21(27)23-19-7-2-1-3-8-19/h18-19H,1-17H2,(H,22,26)(H,23,27). The average Bonchev–Trinajstić information content (AvgIpc) is 3.20. The van der Waals surface area contributed by atoms with E-state index in [4.69, 9.17) is 0 Å². The Labute approximate surface area is 164 Å². The summed E-state index contributed by atoms with van der Waals surface area (Å²) >= 11 is 0. The van der Waals surface area contributed by atoms with Crippen LogP contribution in [0.1, 0.15) is 70.6 Å². The molecule has 2 saturated heterocycles. The van der Waals surface area contributed by atoms with Gasteiger partial charge in [-0.1, -0.05) is 19.3 Å². The Bertz CT molecular complexity index is 465. The first-order valence-corrected chi connectivity index (χ1v) is 11.3. The zero-order valence-electron chi connectivity index (χ0n) is 16.9. The van der Waals surface area contributed by atoms with Gasteiger partial charge in [0.05, 0.1) is 0 Å². The van der Waals surface area contributed by atoms with E-state index in [9.17, 15) is 9.59 Å². The number of carbonyl (C=O) groups excluding carboxylic acids is 2. The van der Waals surface area contributed by atoms with E-state index >= 15 is 0 Å². The number of urea groups is 1. The van der Waals surface area contributed by atoms with E-state index in [0.717, 1.165) is 58.3 Å². The monoisotopic (exact) mass is 378 g/mol. The van der Waals surface area contributed by atoms with Crippen LogP contribution in [-0.4, -0.2) is 67.0 Å². The summed E-state index contributed by atoms with van der Waals surface area (Å²) in [7, 11) is 0. The molecular formula is C21H38N4O2. The predicted molar refractivity (Wildman–Crippen MR) is 108 cm³/mol. The number of amides is 3. The highest BCUT2D eigenvalue weighted by molar-refractivity contribution is 5.76. The molecule has 6 nitrogen and oxygen atoms in total. The van der Waals surface area contributed by atoms with Gasteiger partial charge >= 0.3 is 6.03 Å². The second-order valence-corrected chi connectivity index (χ2v) is 8.67. The number of nitrogens with zero attached hydrogens (tertiary/aromatic N) is 2. The second kappa shape index (κ2) is 10.9. The van der Waals surface area contributed by atoms with Gasteiger partial charge in [0.15, 0.2) is 0 Å². The average molecular weight is 379 g/mol. The molecule has 1 saturated carbocycles. The third-order valence-electron chi connectivity index (χ3n) is 6.48. The van der Waals surface area contributed by atoms with Crippen molar-refractivity contribution in [2.45, 2.75) is 76.7 Å². The topological polar surface area (TPSA) is 64.7 Å². The Balaban J connectivity index is 1.25. The smallest absolute Gasteiger partial charge is 0.317 e. The Hall–Kier alpha value is -1.30. The number of rotatable bonds is 7. The zero-order chi connectivity index (χ0) is 18.9. The van der Waals surface area contributed by atoms with Crippen molar-refractivity contribution < 1.29 is 9.59 Å². The third-order valence-corrected chi connectivity index (χ3v) is 6.48. The molecule has 2 N–H and O–H groups in total. The Morgan fingerprint density at radius 3 is 2.26 bits per heavy atom. The lowest BCUT2D eigenvalue weighted by Crippen LogP contribution is -2.48. The van der Waals surface area contributed by atoms with Gasteiger partial charge in [0.2, 0.25) is 5.91 Å². The largest absolute Gasteiger partial charge is 0.356 e. The van der Waals surface area contributed by atoms with Crippen LogP contribution in [-0.2, 0) is 4.79 Å². The first kappa shape index (κ1) is 20.4. The van der Waals surface area contributed by atoms with Gasteiger partial charge in [-0.05, 0) is 70.5 Å². The van der Waals surface area contributed by atoms with Crippen molar-refractivity contribution in [3.63, 3.8) is 0 Å². The lowest BCUT2D eigenvalue weighted by Gasteiger charge is -2.33. The molecule has 0 aromatic carbocycles. The molecule has 6 heteroatoms. The normalized spacial score (nSPS) is 22.7. The second-order valence-electron chi connectivity index (χ2n) is 8.67. The number of nitrogens with one attached hydrogen (secondary N) is 2. The molecule has 0 bridgehead atoms. The summed E-state index contributed by atoms with van der Waals surface area (Å²) in [6.07, 6.45) is 12.2. The molecule has 2 heterocycles. The minimum atomic E-state index is 0.103. The maximum Gasteiger partial charge on any atom is 0.317 e. The highest BCUT2D eigenvalue weighted by atomic mass is 16.2. The molecule has 3 rings (SSSR count). The van der Waals surface area contributed by atoms with Gasteiger partial charge in [-0.3, -0.25) is 4.79 Å². The summed E-state index contributed by atoms with van der Waals surface area (Å²) in [6.45, 7) is 5.91. The van der Waals surface area contributed by atoms with Crippen molar-refractivity contribution in [1.29, 1.82) is 0 Å². The molecule has 3 amide bonds. The van der Waals surface area contributed by atoms with E-state index in [0.29, 0.717) is 18.4 Å². The Morgan fingerprint density at radius 1 is 0.852 bits per heavy atom. The maximum absolute atomic E-state index is 12.4. The fourth-order valence-electron chi connectivity index (χ4n) is 4.72. The lowest BCUT2D eigenvalue weighted by molar-refractivity contribution is -0.122. The first-order valence-electron chi connectivity index (χ1n) is 11.3. The van der Waals surface area contributed by atoms with Crippen LogP contribution >= 0.6 is 0 Å². The van der Waals surface area contributed by atoms with Gasteiger partial charge in [0, 0.05) is 32.1 Å². The number of carbonyl (C=O) groups is 2. The molecule has 0 aromatic heterocycles. The van der Waals surface area contributed by atoms with E-state index in [1.807, 2.05) is 4.90 Å². The molecule has 0 unspecified atom stereocenters. The lowest BCUT2D eigenvalue weighted by atomic mass is 9.93. The number of hydrogen-bond donors (Lipinski definition) is 2. The molecule has 3 aliphatic rings. The van der Waals surface area contributed by atoms with E-state index in [-0.39, 0.29) is 11.9 Å². The molecule has 0 atom stereocenters.